The molecule has 2 aliphatic carbocycles. The Bertz CT molecular complexity index is 2710. The van der Waals surface area contributed by atoms with Gasteiger partial charge < -0.3 is 24.7 Å². The number of anilines is 1. The number of rotatable bonds is 8. The van der Waals surface area contributed by atoms with Gasteiger partial charge in [0.1, 0.15) is 34.8 Å². The number of allylic oxidation sites excluding steroid dienone is 1. The Morgan fingerprint density at radius 1 is 0.984 bits per heavy atom. The number of amides is 3. The maximum atomic E-state index is 14.8. The van der Waals surface area contributed by atoms with Crippen molar-refractivity contribution in [1.29, 1.82) is 0 Å². The largest absolute Gasteiger partial charge is 0.470 e. The quantitative estimate of drug-likeness (QED) is 0.132. The van der Waals surface area contributed by atoms with Crippen LogP contribution < -0.4 is 20.1 Å². The van der Waals surface area contributed by atoms with Gasteiger partial charge in [-0.25, -0.2) is 13.4 Å². The number of nitrogens with zero attached hydrogens (tertiary/aromatic N) is 3. The Kier molecular flexibility index (Phi) is 10.9. The fourth-order valence-corrected chi connectivity index (χ4v) is 9.92. The summed E-state index contributed by atoms with van der Waals surface area (Å²) in [5.41, 5.74) is -0.579. The van der Waals surface area contributed by atoms with Crippen molar-refractivity contribution in [2.75, 3.05) is 11.9 Å². The van der Waals surface area contributed by atoms with Crippen LogP contribution >= 0.6 is 11.6 Å². The van der Waals surface area contributed by atoms with E-state index in [9.17, 15) is 36.0 Å². The van der Waals surface area contributed by atoms with Crippen LogP contribution in [0.2, 0.25) is 5.02 Å². The summed E-state index contributed by atoms with van der Waals surface area (Å²) in [6.45, 7) is -0.107. The Morgan fingerprint density at radius 2 is 1.77 bits per heavy atom. The van der Waals surface area contributed by atoms with E-state index in [0.29, 0.717) is 59.3 Å². The molecule has 2 aliphatic heterocycles. The van der Waals surface area contributed by atoms with Crippen LogP contribution in [0.25, 0.3) is 33.5 Å². The summed E-state index contributed by atoms with van der Waals surface area (Å²) < 4.78 is 81.3. The molecular formula is C44H42ClF3N6O7S. The number of benzene rings is 3. The highest BCUT2D eigenvalue weighted by Gasteiger charge is 2.62. The summed E-state index contributed by atoms with van der Waals surface area (Å²) in [5, 5.41) is 6.60. The molecule has 1 saturated heterocycles. The number of alkyl halides is 3. The average Bonchev–Trinajstić information content (AvgIpc) is 4.14. The molecule has 0 unspecified atom stereocenters. The lowest BCUT2D eigenvalue weighted by Gasteiger charge is -2.30. The Labute approximate surface area is 359 Å². The van der Waals surface area contributed by atoms with Gasteiger partial charge in [-0.2, -0.15) is 18.2 Å². The van der Waals surface area contributed by atoms with Crippen molar-refractivity contribution < 1.29 is 45.1 Å². The van der Waals surface area contributed by atoms with E-state index < -0.39 is 74.4 Å². The molecule has 9 rings (SSSR count). The SMILES string of the molecule is O=C1N[C@]2(C(=O)NS(=O)(=O)C3CC3)C[C@H]2/C=C\CCCCC[C@H](Nc2cccc(Cl)c2)C(=O)N2C[C@H](Oc3nc(-c4ccc(C(F)(F)F)cc4)nc4c3oc3ccccc34)C[C@@H]12. The number of para-hydroxylation sites is 1. The lowest BCUT2D eigenvalue weighted by molar-refractivity contribution is -0.140. The summed E-state index contributed by atoms with van der Waals surface area (Å²) in [4.78, 5) is 54.1. The normalized spacial score (nSPS) is 25.3. The molecule has 4 heterocycles. The minimum atomic E-state index is -4.56. The molecule has 5 atom stereocenters. The molecule has 3 N–H and O–H groups in total. The number of halogens is 4. The van der Waals surface area contributed by atoms with Gasteiger partial charge in [0.25, 0.3) is 11.8 Å². The van der Waals surface area contributed by atoms with Crippen LogP contribution in [0.3, 0.4) is 0 Å². The van der Waals surface area contributed by atoms with Crippen LogP contribution in [0.1, 0.15) is 63.4 Å². The fourth-order valence-electron chi connectivity index (χ4n) is 8.37. The number of sulfonamides is 1. The molecule has 0 radical (unpaired) electrons. The van der Waals surface area contributed by atoms with Crippen molar-refractivity contribution >= 4 is 67.1 Å². The molecule has 2 saturated carbocycles. The zero-order valence-electron chi connectivity index (χ0n) is 33.2. The fraction of sp³-hybridized carbons (Fsp3) is 0.386. The van der Waals surface area contributed by atoms with Crippen molar-refractivity contribution in [3.05, 3.63) is 95.5 Å². The molecule has 0 spiro atoms. The van der Waals surface area contributed by atoms with Crippen LogP contribution in [0.5, 0.6) is 5.88 Å². The van der Waals surface area contributed by atoms with Gasteiger partial charge in [-0.3, -0.25) is 19.1 Å². The monoisotopic (exact) mass is 890 g/mol. The Hall–Kier alpha value is -5.68. The molecular weight excluding hydrogens is 849 g/mol. The van der Waals surface area contributed by atoms with Crippen molar-refractivity contribution in [3.63, 3.8) is 0 Å². The minimum absolute atomic E-state index is 0.0520. The minimum Gasteiger partial charge on any atom is -0.470 e. The zero-order valence-corrected chi connectivity index (χ0v) is 34.7. The number of aromatic nitrogens is 2. The lowest BCUT2D eigenvalue weighted by atomic mass is 10.0. The third kappa shape index (κ3) is 8.43. The van der Waals surface area contributed by atoms with Crippen LogP contribution in [-0.2, 0) is 30.6 Å². The van der Waals surface area contributed by atoms with Crippen LogP contribution in [0.4, 0.5) is 18.9 Å². The number of carbonyl (C=O) groups excluding carboxylic acids is 3. The summed E-state index contributed by atoms with van der Waals surface area (Å²) in [7, 11) is -3.95. The number of hydrogen-bond acceptors (Lipinski definition) is 10. The predicted octanol–water partition coefficient (Wildman–Crippen LogP) is 7.55. The van der Waals surface area contributed by atoms with Gasteiger partial charge in [-0.1, -0.05) is 66.9 Å². The number of furan rings is 1. The second-order valence-electron chi connectivity index (χ2n) is 16.4. The van der Waals surface area contributed by atoms with E-state index in [1.807, 2.05) is 12.2 Å². The van der Waals surface area contributed by atoms with Crippen LogP contribution in [-0.4, -0.2) is 76.5 Å². The molecule has 5 aromatic rings. The number of hydrogen-bond donors (Lipinski definition) is 3. The first-order valence-corrected chi connectivity index (χ1v) is 22.5. The molecule has 324 valence electrons. The highest BCUT2D eigenvalue weighted by molar-refractivity contribution is 7.91. The van der Waals surface area contributed by atoms with E-state index in [0.717, 1.165) is 25.0 Å². The number of ether oxygens (including phenoxy) is 1. The first-order chi connectivity index (χ1) is 29.7. The van der Waals surface area contributed by atoms with Gasteiger partial charge in [0, 0.05) is 34.0 Å². The van der Waals surface area contributed by atoms with Gasteiger partial charge >= 0.3 is 6.18 Å². The number of nitrogens with one attached hydrogen (secondary N) is 3. The van der Waals surface area contributed by atoms with Gasteiger partial charge in [-0.15, -0.1) is 0 Å². The topological polar surface area (TPSA) is 173 Å². The Morgan fingerprint density at radius 3 is 2.53 bits per heavy atom. The number of carbonyl (C=O) groups is 3. The second kappa shape index (κ2) is 16.2. The van der Waals surface area contributed by atoms with Crippen LogP contribution in [0, 0.1) is 5.92 Å². The number of fused-ring (bicyclic) bond motifs is 5. The van der Waals surface area contributed by atoms with E-state index >= 15 is 0 Å². The summed E-state index contributed by atoms with van der Waals surface area (Å²) >= 11 is 6.31. The highest BCUT2D eigenvalue weighted by Crippen LogP contribution is 2.46. The maximum Gasteiger partial charge on any atom is 0.416 e. The van der Waals surface area contributed by atoms with E-state index in [1.165, 1.54) is 17.0 Å². The van der Waals surface area contributed by atoms with Gasteiger partial charge in [0.05, 0.1) is 17.4 Å². The first kappa shape index (κ1) is 41.7. The van der Waals surface area contributed by atoms with Gasteiger partial charge in [0.15, 0.2) is 5.82 Å². The molecule has 62 heavy (non-hydrogen) atoms. The molecule has 18 heteroatoms. The standard InChI is InChI=1S/C44H42ClF3N6O7S/c45-28-10-8-11-29(21-28)49-33-13-5-3-1-2-4-9-27-23-43(27,42(57)53-62(58,59)31-19-20-31)52-39(55)34-22-30(24-54(34)41(33)56)60-40-37-36(32-12-6-7-14-35(32)61-37)50-38(51-40)25-15-17-26(18-16-25)44(46,47)48/h4,6-12,14-18,21,27,30-31,33-34,49H,1-3,5,13,19-20,22-24H2,(H,52,55)(H,53,57)/b9-4-/t27-,30-,33+,34+,43-/m1/s1. The molecule has 3 aromatic carbocycles. The molecule has 3 fully saturated rings. The zero-order chi connectivity index (χ0) is 43.4. The average molecular weight is 891 g/mol. The van der Waals surface area contributed by atoms with E-state index in [2.05, 4.69) is 25.3 Å². The smallest absolute Gasteiger partial charge is 0.416 e. The van der Waals surface area contributed by atoms with E-state index in [1.54, 1.807) is 48.5 Å². The predicted molar refractivity (Wildman–Crippen MR) is 224 cm³/mol. The lowest BCUT2D eigenvalue weighted by Crippen LogP contribution is -2.57. The Balaban J connectivity index is 1.07. The van der Waals surface area contributed by atoms with Crippen molar-refractivity contribution in [2.24, 2.45) is 5.92 Å². The first-order valence-electron chi connectivity index (χ1n) is 20.6. The highest BCUT2D eigenvalue weighted by atomic mass is 35.5. The van der Waals surface area contributed by atoms with E-state index in [-0.39, 0.29) is 42.2 Å². The molecule has 3 amide bonds. The van der Waals surface area contributed by atoms with Crippen molar-refractivity contribution in [1.82, 2.24) is 24.9 Å². The molecule has 2 aromatic heterocycles. The van der Waals surface area contributed by atoms with Crippen molar-refractivity contribution in [2.45, 2.75) is 92.9 Å². The molecule has 4 aliphatic rings. The maximum absolute atomic E-state index is 14.8. The molecule has 0 bridgehead atoms. The third-order valence-electron chi connectivity index (χ3n) is 11.9. The third-order valence-corrected chi connectivity index (χ3v) is 14.0. The van der Waals surface area contributed by atoms with Crippen molar-refractivity contribution in [3.8, 4) is 17.3 Å². The summed E-state index contributed by atoms with van der Waals surface area (Å²) in [6.07, 6.45) is 2.70. The van der Waals surface area contributed by atoms with Gasteiger partial charge in [-0.05, 0) is 81.0 Å². The summed E-state index contributed by atoms with van der Waals surface area (Å²) in [6, 6.07) is 16.4. The van der Waals surface area contributed by atoms with E-state index in [4.69, 9.17) is 20.8 Å². The summed E-state index contributed by atoms with van der Waals surface area (Å²) in [5.74, 6) is -2.38. The van der Waals surface area contributed by atoms with Gasteiger partial charge in [0.2, 0.25) is 27.4 Å². The van der Waals surface area contributed by atoms with Crippen LogP contribution in [0.15, 0.2) is 89.4 Å². The molecule has 13 nitrogen and oxygen atoms in total. The second-order valence-corrected chi connectivity index (χ2v) is 18.8.